The van der Waals surface area contributed by atoms with Crippen LogP contribution in [-0.4, -0.2) is 31.0 Å². The van der Waals surface area contributed by atoms with Crippen molar-refractivity contribution < 1.29 is 34.7 Å². The van der Waals surface area contributed by atoms with Gasteiger partial charge < -0.3 is 8.92 Å². The van der Waals surface area contributed by atoms with E-state index >= 15 is 0 Å². The Kier molecular flexibility index (Phi) is 7.22. The number of halogens is 3. The second kappa shape index (κ2) is 9.06. The van der Waals surface area contributed by atoms with Crippen LogP contribution in [0.15, 0.2) is 23.1 Å². The molecule has 2 fully saturated rings. The number of hydrogen-bond donors (Lipinski definition) is 0. The van der Waals surface area contributed by atoms with Gasteiger partial charge in [-0.25, -0.2) is 0 Å². The highest BCUT2D eigenvalue weighted by molar-refractivity contribution is 7.88. The van der Waals surface area contributed by atoms with Gasteiger partial charge in [0.1, 0.15) is 11.5 Å². The second-order valence-corrected chi connectivity index (χ2v) is 13.4. The van der Waals surface area contributed by atoms with E-state index in [2.05, 4.69) is 31.9 Å². The van der Waals surface area contributed by atoms with Crippen LogP contribution in [0.2, 0.25) is 0 Å². The van der Waals surface area contributed by atoms with Crippen molar-refractivity contribution in [3.8, 4) is 11.5 Å². The van der Waals surface area contributed by atoms with Gasteiger partial charge in [0.2, 0.25) is 0 Å². The van der Waals surface area contributed by atoms with Crippen LogP contribution in [0.25, 0.3) is 0 Å². The molecule has 2 saturated carbocycles. The molecule has 0 radical (unpaired) electrons. The minimum absolute atomic E-state index is 0.0207. The molecule has 0 amide bonds. The number of hydrogen-bond acceptors (Lipinski definition) is 5. The summed E-state index contributed by atoms with van der Waals surface area (Å²) in [6.45, 7) is 9.10. The number of fused-ring (bicyclic) bond motifs is 1. The first kappa shape index (κ1) is 26.3. The predicted octanol–water partition coefficient (Wildman–Crippen LogP) is 5.91. The lowest BCUT2D eigenvalue weighted by Gasteiger charge is -2.59. The standard InChI is InChI=1S/C23H33F3O5S2/c1-15-7-8-20-21(2,3)9-6-10-22(20,4)19(15)14-32(27)18-12-16(30-5)11-17(13-18)31-33(28,29)23(24,25)26/h11-13,15,19-20H,6-10,14H2,1-5H3. The topological polar surface area (TPSA) is 69.7 Å². The number of methoxy groups -OCH3 is 1. The molecule has 0 heterocycles. The van der Waals surface area contributed by atoms with Gasteiger partial charge in [-0.15, -0.1) is 0 Å². The van der Waals surface area contributed by atoms with E-state index in [1.807, 2.05) is 0 Å². The van der Waals surface area contributed by atoms with E-state index in [0.717, 1.165) is 37.8 Å². The van der Waals surface area contributed by atoms with Gasteiger partial charge >= 0.3 is 15.6 Å². The molecule has 0 N–H and O–H groups in total. The molecule has 5 atom stereocenters. The molecular formula is C23H33F3O5S2. The van der Waals surface area contributed by atoms with E-state index in [1.54, 1.807) is 0 Å². The van der Waals surface area contributed by atoms with Gasteiger partial charge in [-0.1, -0.05) is 40.5 Å². The molecule has 0 aliphatic heterocycles. The van der Waals surface area contributed by atoms with Crippen LogP contribution in [-0.2, 0) is 20.9 Å². The smallest absolute Gasteiger partial charge is 0.497 e. The number of rotatable bonds is 6. The van der Waals surface area contributed by atoms with Gasteiger partial charge in [-0.2, -0.15) is 21.6 Å². The lowest BCUT2D eigenvalue weighted by Crippen LogP contribution is -2.52. The lowest BCUT2D eigenvalue weighted by molar-refractivity contribution is -0.0853. The minimum Gasteiger partial charge on any atom is -0.497 e. The minimum atomic E-state index is -5.85. The molecule has 2 aliphatic carbocycles. The Morgan fingerprint density at radius 2 is 1.73 bits per heavy atom. The Balaban J connectivity index is 1.90. The molecule has 0 spiro atoms. The van der Waals surface area contributed by atoms with Gasteiger partial charge in [-0.05, 0) is 60.0 Å². The maximum Gasteiger partial charge on any atom is 0.534 e. The largest absolute Gasteiger partial charge is 0.534 e. The van der Waals surface area contributed by atoms with E-state index in [-0.39, 0.29) is 27.4 Å². The van der Waals surface area contributed by atoms with Gasteiger partial charge in [0.25, 0.3) is 0 Å². The number of benzene rings is 1. The monoisotopic (exact) mass is 510 g/mol. The van der Waals surface area contributed by atoms with Gasteiger partial charge in [0, 0.05) is 16.7 Å². The zero-order valence-corrected chi connectivity index (χ0v) is 21.3. The van der Waals surface area contributed by atoms with Crippen molar-refractivity contribution >= 4 is 20.9 Å². The highest BCUT2D eigenvalue weighted by atomic mass is 32.2. The Bertz CT molecular complexity index is 1010. The molecular weight excluding hydrogens is 477 g/mol. The number of ether oxygens (including phenoxy) is 1. The van der Waals surface area contributed by atoms with E-state index in [1.165, 1.54) is 19.6 Å². The fraction of sp³-hybridized carbons (Fsp3) is 0.739. The first-order chi connectivity index (χ1) is 15.1. The molecule has 1 aromatic carbocycles. The normalized spacial score (nSPS) is 30.8. The van der Waals surface area contributed by atoms with Gasteiger partial charge in [-0.3, -0.25) is 4.21 Å². The highest BCUT2D eigenvalue weighted by Crippen LogP contribution is 2.61. The molecule has 0 aromatic heterocycles. The van der Waals surface area contributed by atoms with E-state index in [9.17, 15) is 25.8 Å². The Labute approximate surface area is 197 Å². The van der Waals surface area contributed by atoms with Crippen molar-refractivity contribution in [1.82, 2.24) is 0 Å². The summed E-state index contributed by atoms with van der Waals surface area (Å²) >= 11 is 0. The quantitative estimate of drug-likeness (QED) is 0.352. The van der Waals surface area contributed by atoms with E-state index < -0.39 is 32.2 Å². The Morgan fingerprint density at radius 3 is 2.33 bits per heavy atom. The summed E-state index contributed by atoms with van der Waals surface area (Å²) in [5, 5.41) is 0. The van der Waals surface area contributed by atoms with Crippen LogP contribution in [0.5, 0.6) is 11.5 Å². The average molecular weight is 511 g/mol. The molecule has 188 valence electrons. The van der Waals surface area contributed by atoms with E-state index in [4.69, 9.17) is 4.74 Å². The fourth-order valence-electron chi connectivity index (χ4n) is 6.24. The second-order valence-electron chi connectivity index (χ2n) is 10.4. The molecule has 0 bridgehead atoms. The van der Waals surface area contributed by atoms with Crippen molar-refractivity contribution in [2.24, 2.45) is 28.6 Å². The van der Waals surface area contributed by atoms with Crippen molar-refractivity contribution in [2.75, 3.05) is 12.9 Å². The first-order valence-corrected chi connectivity index (χ1v) is 13.9. The lowest BCUT2D eigenvalue weighted by atomic mass is 9.47. The van der Waals surface area contributed by atoms with E-state index in [0.29, 0.717) is 17.6 Å². The van der Waals surface area contributed by atoms with Crippen molar-refractivity contribution in [3.63, 3.8) is 0 Å². The van der Waals surface area contributed by atoms with Gasteiger partial charge in [0.15, 0.2) is 0 Å². The van der Waals surface area contributed by atoms with Crippen molar-refractivity contribution in [2.45, 2.75) is 70.2 Å². The average Bonchev–Trinajstić information content (AvgIpc) is 2.68. The summed E-state index contributed by atoms with van der Waals surface area (Å²) in [6, 6.07) is 3.59. The molecule has 1 aromatic rings. The van der Waals surface area contributed by atoms with Crippen LogP contribution < -0.4 is 8.92 Å². The third kappa shape index (κ3) is 5.21. The third-order valence-corrected chi connectivity index (χ3v) is 10.3. The van der Waals surface area contributed by atoms with Crippen LogP contribution in [0, 0.1) is 28.6 Å². The maximum atomic E-state index is 13.4. The highest BCUT2D eigenvalue weighted by Gasteiger charge is 2.54. The predicted molar refractivity (Wildman–Crippen MR) is 121 cm³/mol. The Morgan fingerprint density at radius 1 is 1.09 bits per heavy atom. The summed E-state index contributed by atoms with van der Waals surface area (Å²) in [4.78, 5) is 0.190. The van der Waals surface area contributed by atoms with Crippen molar-refractivity contribution in [1.29, 1.82) is 0 Å². The summed E-state index contributed by atoms with van der Waals surface area (Å²) in [5.74, 6) is 0.894. The molecule has 5 nitrogen and oxygen atoms in total. The number of alkyl halides is 3. The summed E-state index contributed by atoms with van der Waals surface area (Å²) in [7, 11) is -6.13. The Hall–Kier alpha value is -1.29. The molecule has 3 rings (SSSR count). The van der Waals surface area contributed by atoms with Crippen LogP contribution in [0.3, 0.4) is 0 Å². The van der Waals surface area contributed by atoms with Crippen LogP contribution in [0.4, 0.5) is 13.2 Å². The van der Waals surface area contributed by atoms with Crippen LogP contribution in [0.1, 0.15) is 59.8 Å². The zero-order valence-electron chi connectivity index (χ0n) is 19.7. The summed E-state index contributed by atoms with van der Waals surface area (Å²) in [6.07, 6.45) is 5.52. The molecule has 0 saturated heterocycles. The SMILES string of the molecule is COc1cc(OS(=O)(=O)C(F)(F)F)cc(S(=O)CC2C(C)CCC3C(C)(C)CCCC23C)c1. The fourth-order valence-corrected chi connectivity index (χ4v) is 8.41. The first-order valence-electron chi connectivity index (χ1n) is 11.2. The molecule has 2 aliphatic rings. The van der Waals surface area contributed by atoms with Crippen LogP contribution >= 0.6 is 0 Å². The third-order valence-electron chi connectivity index (χ3n) is 7.89. The van der Waals surface area contributed by atoms with Gasteiger partial charge in [0.05, 0.1) is 17.9 Å². The maximum absolute atomic E-state index is 13.4. The zero-order chi connectivity index (χ0) is 24.8. The van der Waals surface area contributed by atoms with Crippen molar-refractivity contribution in [3.05, 3.63) is 18.2 Å². The molecule has 5 unspecified atom stereocenters. The molecule has 33 heavy (non-hydrogen) atoms. The molecule has 10 heteroatoms. The summed E-state index contributed by atoms with van der Waals surface area (Å²) < 4.78 is 84.1. The summed E-state index contributed by atoms with van der Waals surface area (Å²) in [5.41, 5.74) is -5.34.